The van der Waals surface area contributed by atoms with E-state index < -0.39 is 29.0 Å². The van der Waals surface area contributed by atoms with Crippen LogP contribution < -0.4 is 32.3 Å². The summed E-state index contributed by atoms with van der Waals surface area (Å²) in [5.41, 5.74) is 5.68. The molecule has 0 spiro atoms. The maximum atomic E-state index is 15.4. The molecule has 60 heavy (non-hydrogen) atoms. The van der Waals surface area contributed by atoms with E-state index in [0.717, 1.165) is 115 Å². The van der Waals surface area contributed by atoms with Crippen molar-refractivity contribution in [1.82, 2.24) is 5.32 Å². The van der Waals surface area contributed by atoms with Gasteiger partial charge in [0.2, 0.25) is 0 Å². The highest BCUT2D eigenvalue weighted by Crippen LogP contribution is 2.64. The minimum Gasteiger partial charge on any atom is -0.463 e. The van der Waals surface area contributed by atoms with Crippen LogP contribution in [-0.4, -0.2) is 98.8 Å². The van der Waals surface area contributed by atoms with Gasteiger partial charge >= 0.3 is 5.97 Å². The number of allylic oxidation sites excluding steroid dienone is 4. The SMILES string of the molecule is CC[NH2+]C1C=C2C=CCCC2CC1COC(=O)C12OC1(CC(CO)=C(C)CCC1CC[NH2+]C(NC[NH2+]C)C1)C(=O)C1CCCC(CC(C)(C)CC3CCC(N)[NH2+]C3)C1C2=O. The van der Waals surface area contributed by atoms with Crippen LogP contribution in [0.1, 0.15) is 124 Å². The number of likely N-dealkylation sites (N-methyl/N-ethyl adjacent to an activating group) is 1. The lowest BCUT2D eigenvalue weighted by Gasteiger charge is -2.44. The predicted molar refractivity (Wildman–Crippen MR) is 229 cm³/mol. The molecule has 12 nitrogen and oxygen atoms in total. The van der Waals surface area contributed by atoms with Crippen molar-refractivity contribution in [2.75, 3.05) is 46.6 Å². The molecule has 12 unspecified atom stereocenters. The monoisotopic (exact) mass is 839 g/mol. The molecule has 12 N–H and O–H groups in total. The molecular formula is C48H82N6O6+4. The Morgan fingerprint density at radius 1 is 1.07 bits per heavy atom. The van der Waals surface area contributed by atoms with Crippen molar-refractivity contribution in [3.63, 3.8) is 0 Å². The molecule has 12 atom stereocenters. The van der Waals surface area contributed by atoms with Gasteiger partial charge in [-0.25, -0.2) is 10.1 Å². The van der Waals surface area contributed by atoms with Crippen LogP contribution in [0.4, 0.5) is 0 Å². The van der Waals surface area contributed by atoms with E-state index in [1.807, 2.05) is 6.92 Å². The fourth-order valence-corrected chi connectivity index (χ4v) is 13.0. The molecule has 3 heterocycles. The summed E-state index contributed by atoms with van der Waals surface area (Å²) < 4.78 is 12.9. The molecule has 0 aromatic heterocycles. The van der Waals surface area contributed by atoms with Crippen molar-refractivity contribution in [3.05, 3.63) is 34.9 Å². The Balaban J connectivity index is 1.13. The molecule has 3 saturated heterocycles. The number of quaternary nitrogens is 4. The number of carbonyl (C=O) groups excluding carboxylic acids is 3. The first-order valence-electron chi connectivity index (χ1n) is 24.2. The third-order valence-electron chi connectivity index (χ3n) is 16.2. The smallest absolute Gasteiger partial charge is 0.350 e. The van der Waals surface area contributed by atoms with E-state index in [1.54, 1.807) is 0 Å². The Hall–Kier alpha value is -2.29. The molecule has 2 saturated carbocycles. The topological polar surface area (TPSA) is 198 Å². The second-order valence-corrected chi connectivity index (χ2v) is 21.1. The number of ketones is 2. The molecule has 0 aromatic carbocycles. The summed E-state index contributed by atoms with van der Waals surface area (Å²) in [4.78, 5) is 45.5. The van der Waals surface area contributed by atoms with E-state index in [-0.39, 0.29) is 60.7 Å². The number of aliphatic hydroxyl groups excluding tert-OH is 1. The van der Waals surface area contributed by atoms with Gasteiger partial charge in [0.25, 0.3) is 5.60 Å². The van der Waals surface area contributed by atoms with Gasteiger partial charge in [-0.1, -0.05) is 38.0 Å². The zero-order valence-electron chi connectivity index (χ0n) is 37.7. The largest absolute Gasteiger partial charge is 0.463 e. The average molecular weight is 839 g/mol. The van der Waals surface area contributed by atoms with Crippen LogP contribution in [0, 0.1) is 46.8 Å². The number of ether oxygens (including phenoxy) is 2. The zero-order chi connectivity index (χ0) is 42.7. The predicted octanol–water partition coefficient (Wildman–Crippen LogP) is 0.670. The van der Waals surface area contributed by atoms with Gasteiger partial charge in [0, 0.05) is 42.9 Å². The minimum atomic E-state index is -1.97. The van der Waals surface area contributed by atoms with E-state index >= 15 is 9.59 Å². The van der Waals surface area contributed by atoms with E-state index in [4.69, 9.17) is 15.2 Å². The van der Waals surface area contributed by atoms with E-state index in [9.17, 15) is 9.90 Å². The Labute approximate surface area is 359 Å². The maximum Gasteiger partial charge on any atom is 0.350 e. The lowest BCUT2D eigenvalue weighted by molar-refractivity contribution is -0.716. The summed E-state index contributed by atoms with van der Waals surface area (Å²) in [7, 11) is 2.07. The molecule has 0 bridgehead atoms. The van der Waals surface area contributed by atoms with Crippen molar-refractivity contribution in [2.24, 2.45) is 52.6 Å². The first-order chi connectivity index (χ1) is 28.8. The second kappa shape index (κ2) is 19.6. The molecule has 0 amide bonds. The minimum absolute atomic E-state index is 0.0162. The van der Waals surface area contributed by atoms with Crippen molar-refractivity contribution in [3.8, 4) is 0 Å². The van der Waals surface area contributed by atoms with Gasteiger partial charge < -0.3 is 35.8 Å². The van der Waals surface area contributed by atoms with Crippen LogP contribution in [0.2, 0.25) is 0 Å². The molecule has 12 heteroatoms. The summed E-state index contributed by atoms with van der Waals surface area (Å²) in [6.07, 6.45) is 20.9. The fourth-order valence-electron chi connectivity index (χ4n) is 13.0. The van der Waals surface area contributed by atoms with E-state index in [0.29, 0.717) is 35.9 Å². The number of nitrogens with one attached hydrogen (secondary N) is 1. The molecule has 5 fully saturated rings. The molecule has 4 aliphatic carbocycles. The highest BCUT2D eigenvalue weighted by atomic mass is 16.7. The molecular weight excluding hydrogens is 757 g/mol. The Morgan fingerprint density at radius 2 is 1.90 bits per heavy atom. The first-order valence-corrected chi connectivity index (χ1v) is 24.2. The maximum absolute atomic E-state index is 15.4. The van der Waals surface area contributed by atoms with Gasteiger partial charge in [-0.15, -0.1) is 0 Å². The van der Waals surface area contributed by atoms with Crippen LogP contribution in [0.3, 0.4) is 0 Å². The van der Waals surface area contributed by atoms with Crippen molar-refractivity contribution in [1.29, 1.82) is 0 Å². The quantitative estimate of drug-likeness (QED) is 0.0344. The molecule has 7 rings (SSSR count). The Bertz CT molecular complexity index is 1640. The van der Waals surface area contributed by atoms with Gasteiger partial charge in [0.1, 0.15) is 31.6 Å². The molecule has 336 valence electrons. The Morgan fingerprint density at radius 3 is 2.65 bits per heavy atom. The number of aliphatic hydroxyl groups is 1. The van der Waals surface area contributed by atoms with Crippen LogP contribution in [0.5, 0.6) is 0 Å². The second-order valence-electron chi connectivity index (χ2n) is 21.1. The number of nitrogens with two attached hydrogens (primary N) is 5. The van der Waals surface area contributed by atoms with Crippen LogP contribution in [0.15, 0.2) is 34.9 Å². The molecule has 0 radical (unpaired) electrons. The normalized spacial score (nSPS) is 38.3. The van der Waals surface area contributed by atoms with E-state index in [1.165, 1.54) is 5.57 Å². The lowest BCUT2D eigenvalue weighted by atomic mass is 9.55. The number of rotatable bonds is 18. The number of piperidine rings is 2. The number of hydrogen-bond acceptors (Lipinski definition) is 8. The highest BCUT2D eigenvalue weighted by molar-refractivity contribution is 6.23. The average Bonchev–Trinajstić information content (AvgIpc) is 3.94. The summed E-state index contributed by atoms with van der Waals surface area (Å²) in [5.74, 6) is -0.493. The van der Waals surface area contributed by atoms with Crippen LogP contribution in [-0.2, 0) is 23.9 Å². The van der Waals surface area contributed by atoms with Crippen molar-refractivity contribution >= 4 is 17.5 Å². The van der Waals surface area contributed by atoms with Gasteiger partial charge in [0.15, 0.2) is 17.2 Å². The number of Topliss-reactive ketones (excluding diaryl/α,β-unsaturated/α-hetero) is 2. The summed E-state index contributed by atoms with van der Waals surface area (Å²) in [5, 5.41) is 23.7. The summed E-state index contributed by atoms with van der Waals surface area (Å²) >= 11 is 0. The van der Waals surface area contributed by atoms with Gasteiger partial charge in [-0.3, -0.25) is 15.3 Å². The lowest BCUT2D eigenvalue weighted by Crippen LogP contribution is -2.97. The number of hydrogen-bond donors (Lipinski definition) is 7. The third-order valence-corrected chi connectivity index (χ3v) is 16.2. The molecule has 0 aromatic rings. The molecule has 7 aliphatic rings. The zero-order valence-corrected chi connectivity index (χ0v) is 37.7. The fraction of sp³-hybridized carbons (Fsp3) is 0.812. The summed E-state index contributed by atoms with van der Waals surface area (Å²) in [6, 6.07) is 0.166. The number of carbonyl (C=O) groups is 3. The highest BCUT2D eigenvalue weighted by Gasteiger charge is 2.87. The van der Waals surface area contributed by atoms with E-state index in [2.05, 4.69) is 72.6 Å². The van der Waals surface area contributed by atoms with Gasteiger partial charge in [-0.05, 0) is 125 Å². The Kier molecular flexibility index (Phi) is 15.0. The van der Waals surface area contributed by atoms with Crippen molar-refractivity contribution < 1.29 is 50.2 Å². The molecule has 3 aliphatic heterocycles. The van der Waals surface area contributed by atoms with Gasteiger partial charge in [-0.2, -0.15) is 0 Å². The number of fused-ring (bicyclic) bond motifs is 3. The van der Waals surface area contributed by atoms with Crippen LogP contribution in [0.25, 0.3) is 0 Å². The standard InChI is InChI=1S/C48H78N6O6/c1-6-51-39-22-34-11-8-7-10-33(34)21-36(39)28-59-45(58)48-44(57)42-35(24-46(3,4)23-32-16-17-40(49)53-26-32)12-9-13-38(42)43(56)47(48,60-48)25-37(27-55)30(2)14-15-31-18-19-52-41(20-31)54-29-50-5/h8,11,22,31-33,35-36,38-42,50-55H,6-7,9-10,12-21,23-29,49H2,1-5H3/p+4. The van der Waals surface area contributed by atoms with Crippen molar-refractivity contribution in [2.45, 2.75) is 154 Å². The third kappa shape index (κ3) is 9.61. The van der Waals surface area contributed by atoms with Gasteiger partial charge in [0.05, 0.1) is 33.3 Å². The number of epoxide rings is 1. The first kappa shape index (κ1) is 45.7. The van der Waals surface area contributed by atoms with Crippen LogP contribution >= 0.6 is 0 Å². The summed E-state index contributed by atoms with van der Waals surface area (Å²) in [6.45, 7) is 12.7. The number of esters is 1.